The van der Waals surface area contributed by atoms with Gasteiger partial charge in [-0.2, -0.15) is 4.31 Å². The molecule has 0 spiro atoms. The molecule has 196 valence electrons. The maximum absolute atomic E-state index is 12.6. The van der Waals surface area contributed by atoms with Crippen molar-refractivity contribution in [1.82, 2.24) is 14.7 Å². The molecule has 0 aliphatic carbocycles. The number of ether oxygens (including phenoxy) is 1. The van der Waals surface area contributed by atoms with Crippen LogP contribution in [-0.4, -0.2) is 73.1 Å². The Labute approximate surface area is 215 Å². The number of benzene rings is 3. The number of primary amides is 1. The van der Waals surface area contributed by atoms with E-state index in [1.54, 1.807) is 28.6 Å². The monoisotopic (exact) mass is 526 g/mol. The average Bonchev–Trinajstić information content (AvgIpc) is 2.89. The number of hydrogen-bond acceptors (Lipinski definition) is 7. The van der Waals surface area contributed by atoms with Gasteiger partial charge in [-0.3, -0.25) is 19.7 Å². The summed E-state index contributed by atoms with van der Waals surface area (Å²) in [5, 5.41) is 11.6. The lowest BCUT2D eigenvalue weighted by atomic mass is 9.97. The molecule has 11 heteroatoms. The number of sulfonamides is 1. The topological polar surface area (TPSA) is 142 Å². The molecule has 1 fully saturated rings. The lowest BCUT2D eigenvalue weighted by molar-refractivity contribution is -0.135. The first-order valence-electron chi connectivity index (χ1n) is 11.8. The number of piperazine rings is 1. The Kier molecular flexibility index (Phi) is 8.08. The van der Waals surface area contributed by atoms with E-state index < -0.39 is 27.9 Å². The first kappa shape index (κ1) is 26.6. The van der Waals surface area contributed by atoms with Gasteiger partial charge in [0.05, 0.1) is 12.3 Å². The quantitative estimate of drug-likeness (QED) is 0.283. The molecular formula is C26H30N4O6S. The second-order valence-corrected chi connectivity index (χ2v) is 11.0. The van der Waals surface area contributed by atoms with Crippen LogP contribution in [-0.2, 0) is 27.8 Å². The zero-order valence-electron chi connectivity index (χ0n) is 20.5. The van der Waals surface area contributed by atoms with Gasteiger partial charge in [-0.15, -0.1) is 0 Å². The molecule has 2 amide bonds. The van der Waals surface area contributed by atoms with Crippen LogP contribution in [0.15, 0.2) is 60.7 Å². The van der Waals surface area contributed by atoms with Crippen LogP contribution in [0, 0.1) is 0 Å². The Morgan fingerprint density at radius 1 is 1.03 bits per heavy atom. The number of carbonyl (C=O) groups excluding carboxylic acids is 2. The highest BCUT2D eigenvalue weighted by Crippen LogP contribution is 2.25. The molecule has 1 aliphatic heterocycles. The summed E-state index contributed by atoms with van der Waals surface area (Å²) in [6, 6.07) is 18.0. The fourth-order valence-corrected chi connectivity index (χ4v) is 5.49. The molecule has 0 bridgehead atoms. The van der Waals surface area contributed by atoms with Crippen LogP contribution in [0.2, 0.25) is 0 Å². The van der Waals surface area contributed by atoms with E-state index in [-0.39, 0.29) is 38.2 Å². The Balaban J connectivity index is 1.56. The Morgan fingerprint density at radius 3 is 2.41 bits per heavy atom. The number of nitrogens with one attached hydrogen (secondary N) is 1. The largest absolute Gasteiger partial charge is 0.489 e. The van der Waals surface area contributed by atoms with Crippen LogP contribution in [0.5, 0.6) is 5.75 Å². The molecule has 1 atom stereocenters. The van der Waals surface area contributed by atoms with Crippen molar-refractivity contribution in [1.29, 1.82) is 0 Å². The molecule has 3 aromatic carbocycles. The van der Waals surface area contributed by atoms with Crippen LogP contribution >= 0.6 is 0 Å². The molecule has 4 N–H and O–H groups in total. The summed E-state index contributed by atoms with van der Waals surface area (Å²) in [4.78, 5) is 26.5. The molecule has 0 unspecified atom stereocenters. The van der Waals surface area contributed by atoms with E-state index in [4.69, 9.17) is 10.5 Å². The lowest BCUT2D eigenvalue weighted by Gasteiger charge is -2.37. The van der Waals surface area contributed by atoms with Gasteiger partial charge in [0.15, 0.2) is 0 Å². The molecular weight excluding hydrogens is 496 g/mol. The molecule has 37 heavy (non-hydrogen) atoms. The van der Waals surface area contributed by atoms with E-state index in [0.717, 1.165) is 22.6 Å². The van der Waals surface area contributed by atoms with E-state index in [0.29, 0.717) is 17.9 Å². The summed E-state index contributed by atoms with van der Waals surface area (Å²) in [5.41, 5.74) is 9.02. The minimum absolute atomic E-state index is 0.0645. The Bertz CT molecular complexity index is 1400. The van der Waals surface area contributed by atoms with Crippen molar-refractivity contribution in [3.8, 4) is 5.75 Å². The van der Waals surface area contributed by atoms with Gasteiger partial charge in [0.1, 0.15) is 12.4 Å². The van der Waals surface area contributed by atoms with Crippen LogP contribution in [0.3, 0.4) is 0 Å². The van der Waals surface area contributed by atoms with Crippen LogP contribution in [0.4, 0.5) is 0 Å². The predicted octanol–water partition coefficient (Wildman–Crippen LogP) is 1.51. The van der Waals surface area contributed by atoms with Gasteiger partial charge in [0.25, 0.3) is 5.91 Å². The minimum atomic E-state index is -3.35. The molecule has 4 rings (SSSR count). The van der Waals surface area contributed by atoms with Gasteiger partial charge in [-0.05, 0) is 46.5 Å². The number of amides is 2. The third kappa shape index (κ3) is 6.25. The van der Waals surface area contributed by atoms with Crippen LogP contribution < -0.4 is 16.0 Å². The number of nitrogens with two attached hydrogens (primary N) is 1. The fourth-order valence-electron chi connectivity index (χ4n) is 4.67. The lowest BCUT2D eigenvalue weighted by Crippen LogP contribution is -2.56. The van der Waals surface area contributed by atoms with Crippen molar-refractivity contribution in [3.63, 3.8) is 0 Å². The highest BCUT2D eigenvalue weighted by molar-refractivity contribution is 7.88. The highest BCUT2D eigenvalue weighted by Gasteiger charge is 2.32. The van der Waals surface area contributed by atoms with Gasteiger partial charge in [-0.1, -0.05) is 42.5 Å². The van der Waals surface area contributed by atoms with Gasteiger partial charge in [0, 0.05) is 31.7 Å². The smallest absolute Gasteiger partial charge is 0.261 e. The first-order chi connectivity index (χ1) is 17.7. The van der Waals surface area contributed by atoms with Gasteiger partial charge < -0.3 is 10.5 Å². The zero-order valence-corrected chi connectivity index (χ0v) is 21.3. The SMILES string of the molecule is CS(=O)(=O)N1CCN([C@@H](Cc2cc(OCc3cccc4ccccc34)ccc2C(N)=O)C(=O)NO)CC1. The van der Waals surface area contributed by atoms with Crippen LogP contribution in [0.25, 0.3) is 10.8 Å². The maximum atomic E-state index is 12.6. The Morgan fingerprint density at radius 2 is 1.73 bits per heavy atom. The van der Waals surface area contributed by atoms with Crippen molar-refractivity contribution in [2.75, 3.05) is 32.4 Å². The number of carbonyl (C=O) groups is 2. The molecule has 10 nitrogen and oxygen atoms in total. The molecule has 1 aliphatic rings. The predicted molar refractivity (Wildman–Crippen MR) is 139 cm³/mol. The summed E-state index contributed by atoms with van der Waals surface area (Å²) in [6.45, 7) is 1.29. The number of nitrogens with zero attached hydrogens (tertiary/aromatic N) is 2. The summed E-state index contributed by atoms with van der Waals surface area (Å²) in [5.74, 6) is -0.816. The number of fused-ring (bicyclic) bond motifs is 1. The van der Waals surface area contributed by atoms with Gasteiger partial charge >= 0.3 is 0 Å². The number of hydrogen-bond donors (Lipinski definition) is 3. The van der Waals surface area contributed by atoms with E-state index in [1.807, 2.05) is 42.5 Å². The summed E-state index contributed by atoms with van der Waals surface area (Å²) in [7, 11) is -3.35. The first-order valence-corrected chi connectivity index (χ1v) is 13.7. The third-order valence-electron chi connectivity index (χ3n) is 6.63. The molecule has 1 heterocycles. The van der Waals surface area contributed by atoms with E-state index in [9.17, 15) is 23.2 Å². The molecule has 0 aromatic heterocycles. The van der Waals surface area contributed by atoms with Gasteiger partial charge in [0.2, 0.25) is 15.9 Å². The zero-order chi connectivity index (χ0) is 26.6. The second kappa shape index (κ2) is 11.3. The third-order valence-corrected chi connectivity index (χ3v) is 7.93. The van der Waals surface area contributed by atoms with Crippen LogP contribution in [0.1, 0.15) is 21.5 Å². The molecule has 0 saturated carbocycles. The molecule has 0 radical (unpaired) electrons. The fraction of sp³-hybridized carbons (Fsp3) is 0.308. The highest BCUT2D eigenvalue weighted by atomic mass is 32.2. The Hall–Kier alpha value is -3.51. The summed E-state index contributed by atoms with van der Waals surface area (Å²) in [6.07, 6.45) is 1.21. The van der Waals surface area contributed by atoms with E-state index in [1.165, 1.54) is 4.31 Å². The summed E-state index contributed by atoms with van der Waals surface area (Å²) >= 11 is 0. The minimum Gasteiger partial charge on any atom is -0.489 e. The van der Waals surface area contributed by atoms with Crippen molar-refractivity contribution in [2.24, 2.45) is 5.73 Å². The number of hydroxylamine groups is 1. The maximum Gasteiger partial charge on any atom is 0.261 e. The van der Waals surface area contributed by atoms with E-state index >= 15 is 0 Å². The molecule has 1 saturated heterocycles. The standard InChI is InChI=1S/C26H30N4O6S/c1-37(34,35)30-13-11-29(12-14-30)24(26(32)28-33)16-20-15-21(9-10-23(20)25(27)31)36-17-19-7-4-6-18-5-2-3-8-22(18)19/h2-10,15,24,33H,11-14,16-17H2,1H3,(H2,27,31)(H,28,32)/t24-/m0/s1. The van der Waals surface area contributed by atoms with Gasteiger partial charge in [-0.25, -0.2) is 13.9 Å². The van der Waals surface area contributed by atoms with Crippen molar-refractivity contribution >= 4 is 32.6 Å². The van der Waals surface area contributed by atoms with E-state index in [2.05, 4.69) is 0 Å². The average molecular weight is 527 g/mol. The summed E-state index contributed by atoms with van der Waals surface area (Å²) < 4.78 is 31.1. The number of rotatable bonds is 9. The van der Waals surface area contributed by atoms with Crippen molar-refractivity contribution < 1.29 is 28.0 Å². The second-order valence-electron chi connectivity index (χ2n) is 9.00. The normalized spacial score (nSPS) is 15.8. The van der Waals surface area contributed by atoms with Crippen molar-refractivity contribution in [3.05, 3.63) is 77.4 Å². The molecule has 3 aromatic rings. The van der Waals surface area contributed by atoms with Crippen molar-refractivity contribution in [2.45, 2.75) is 19.1 Å².